The molecular weight excluding hydrogens is 152 g/mol. The van der Waals surface area contributed by atoms with Gasteiger partial charge in [0.15, 0.2) is 0 Å². The van der Waals surface area contributed by atoms with E-state index in [0.717, 1.165) is 12.8 Å². The Morgan fingerprint density at radius 3 is 2.64 bits per heavy atom. The molecule has 0 fully saturated rings. The fraction of sp³-hybridized carbons (Fsp3) is 0.400. The van der Waals surface area contributed by atoms with Crippen LogP contribution in [-0.2, 0) is 6.42 Å². The van der Waals surface area contributed by atoms with Crippen LogP contribution in [0.4, 0.5) is 0 Å². The highest BCUT2D eigenvalue weighted by molar-refractivity contribution is 7.80. The minimum Gasteiger partial charge on any atom is -0.176 e. The highest BCUT2D eigenvalue weighted by atomic mass is 32.1. The van der Waals surface area contributed by atoms with Gasteiger partial charge in [0.25, 0.3) is 0 Å². The summed E-state index contributed by atoms with van der Waals surface area (Å²) in [6.45, 7) is 2.12. The average Bonchev–Trinajstić information content (AvgIpc) is 2.03. The van der Waals surface area contributed by atoms with Gasteiger partial charge in [0.05, 0.1) is 0 Å². The Balaban J connectivity index is 2.39. The molecule has 11 heavy (non-hydrogen) atoms. The molecule has 0 aliphatic rings. The highest BCUT2D eigenvalue weighted by Crippen LogP contribution is 2.07. The van der Waals surface area contributed by atoms with Crippen molar-refractivity contribution in [3.05, 3.63) is 35.9 Å². The van der Waals surface area contributed by atoms with E-state index in [4.69, 9.17) is 0 Å². The summed E-state index contributed by atoms with van der Waals surface area (Å²) in [7, 11) is 0. The van der Waals surface area contributed by atoms with Crippen LogP contribution < -0.4 is 0 Å². The lowest BCUT2D eigenvalue weighted by Gasteiger charge is -2.02. The Morgan fingerprint density at radius 1 is 1.45 bits per heavy atom. The second-order valence-corrected chi connectivity index (χ2v) is 3.68. The van der Waals surface area contributed by atoms with Gasteiger partial charge in [-0.05, 0) is 29.7 Å². The molecule has 0 amide bonds. The predicted octanol–water partition coefficient (Wildman–Crippen LogP) is 2.74. The zero-order valence-electron chi connectivity index (χ0n) is 6.75. The molecule has 1 atom stereocenters. The summed E-state index contributed by atoms with van der Waals surface area (Å²) >= 11 is 4.32. The van der Waals surface area contributed by atoms with Crippen molar-refractivity contribution in [3.63, 3.8) is 0 Å². The van der Waals surface area contributed by atoms with Gasteiger partial charge < -0.3 is 0 Å². The molecule has 0 saturated carbocycles. The van der Waals surface area contributed by atoms with E-state index >= 15 is 0 Å². The minimum absolute atomic E-state index is 0.499. The first-order valence-electron chi connectivity index (χ1n) is 3.92. The largest absolute Gasteiger partial charge is 0.176 e. The summed E-state index contributed by atoms with van der Waals surface area (Å²) < 4.78 is 0. The zero-order chi connectivity index (χ0) is 8.10. The van der Waals surface area contributed by atoms with E-state index in [-0.39, 0.29) is 0 Å². The van der Waals surface area contributed by atoms with Crippen LogP contribution in [0.2, 0.25) is 0 Å². The van der Waals surface area contributed by atoms with E-state index in [1.54, 1.807) is 0 Å². The molecule has 1 rings (SSSR count). The molecule has 0 aliphatic carbocycles. The summed E-state index contributed by atoms with van der Waals surface area (Å²) in [5, 5.41) is 0.499. The number of benzene rings is 1. The third-order valence-corrected chi connectivity index (χ3v) is 1.90. The number of rotatable bonds is 3. The monoisotopic (exact) mass is 165 g/mol. The number of thiol groups is 1. The van der Waals surface area contributed by atoms with Gasteiger partial charge in [-0.3, -0.25) is 0 Å². The topological polar surface area (TPSA) is 0 Å². The fourth-order valence-corrected chi connectivity index (χ4v) is 1.09. The van der Waals surface area contributed by atoms with Gasteiger partial charge in [-0.2, -0.15) is 12.6 Å². The van der Waals surface area contributed by atoms with Crippen LogP contribution in [0.1, 0.15) is 18.9 Å². The predicted molar refractivity (Wildman–Crippen MR) is 52.0 cm³/mol. The fourth-order valence-electron chi connectivity index (χ4n) is 0.964. The van der Waals surface area contributed by atoms with Crippen LogP contribution in [0.3, 0.4) is 0 Å². The number of aryl methyl sites for hydroxylation is 1. The molecular formula is C10H13S. The van der Waals surface area contributed by atoms with E-state index in [9.17, 15) is 0 Å². The van der Waals surface area contributed by atoms with Gasteiger partial charge in [-0.1, -0.05) is 31.2 Å². The Kier molecular flexibility index (Phi) is 3.50. The van der Waals surface area contributed by atoms with Crippen molar-refractivity contribution in [3.8, 4) is 0 Å². The molecule has 0 N–H and O–H groups in total. The van der Waals surface area contributed by atoms with Gasteiger partial charge in [0.1, 0.15) is 0 Å². The molecule has 0 bridgehead atoms. The molecule has 0 spiro atoms. The molecule has 1 heteroatoms. The summed E-state index contributed by atoms with van der Waals surface area (Å²) in [4.78, 5) is 0. The second kappa shape index (κ2) is 4.45. The van der Waals surface area contributed by atoms with Gasteiger partial charge >= 0.3 is 0 Å². The summed E-state index contributed by atoms with van der Waals surface area (Å²) in [6, 6.07) is 11.1. The molecule has 0 aliphatic heterocycles. The zero-order valence-corrected chi connectivity index (χ0v) is 7.64. The Morgan fingerprint density at radius 2 is 2.09 bits per heavy atom. The van der Waals surface area contributed by atoms with E-state index in [2.05, 4.69) is 37.8 Å². The third kappa shape index (κ3) is 3.47. The lowest BCUT2D eigenvalue weighted by Crippen LogP contribution is -1.93. The summed E-state index contributed by atoms with van der Waals surface area (Å²) in [5.74, 6) is 0. The highest BCUT2D eigenvalue weighted by Gasteiger charge is 1.95. The van der Waals surface area contributed by atoms with E-state index < -0.39 is 0 Å². The lowest BCUT2D eigenvalue weighted by atomic mass is 10.1. The normalized spacial score (nSPS) is 12.9. The quantitative estimate of drug-likeness (QED) is 0.654. The maximum absolute atomic E-state index is 4.32. The molecule has 0 heterocycles. The van der Waals surface area contributed by atoms with E-state index in [0.29, 0.717) is 5.25 Å². The standard InChI is InChI=1S/C10H13S/c1-9(11)7-8-10-5-3-2-4-6-10/h3-6,9,11H,7-8H2,1H3. The van der Waals surface area contributed by atoms with Crippen LogP contribution in [0.5, 0.6) is 0 Å². The van der Waals surface area contributed by atoms with Crippen LogP contribution in [0.15, 0.2) is 24.3 Å². The van der Waals surface area contributed by atoms with Gasteiger partial charge in [-0.15, -0.1) is 0 Å². The molecule has 1 aromatic rings. The maximum Gasteiger partial charge on any atom is -0.000843 e. The Labute approximate surface area is 74.0 Å². The van der Waals surface area contributed by atoms with Gasteiger partial charge in [0, 0.05) is 0 Å². The van der Waals surface area contributed by atoms with Crippen molar-refractivity contribution in [2.45, 2.75) is 25.0 Å². The Bertz CT molecular complexity index is 191. The lowest BCUT2D eigenvalue weighted by molar-refractivity contribution is 0.816. The molecule has 0 saturated heterocycles. The van der Waals surface area contributed by atoms with Crippen molar-refractivity contribution < 1.29 is 0 Å². The number of hydrogen-bond acceptors (Lipinski definition) is 1. The van der Waals surface area contributed by atoms with Crippen molar-refractivity contribution >= 4 is 12.6 Å². The molecule has 0 nitrogen and oxygen atoms in total. The van der Waals surface area contributed by atoms with Crippen molar-refractivity contribution in [1.82, 2.24) is 0 Å². The van der Waals surface area contributed by atoms with Crippen LogP contribution in [-0.4, -0.2) is 5.25 Å². The number of hydrogen-bond donors (Lipinski definition) is 1. The second-order valence-electron chi connectivity index (χ2n) is 2.80. The maximum atomic E-state index is 4.32. The summed E-state index contributed by atoms with van der Waals surface area (Å²) in [6.07, 6.45) is 2.27. The molecule has 59 valence electrons. The van der Waals surface area contributed by atoms with Crippen LogP contribution >= 0.6 is 12.6 Å². The first-order valence-corrected chi connectivity index (χ1v) is 4.44. The SMILES string of the molecule is CC(S)CCc1cc[c]cc1. The Hall–Kier alpha value is -0.430. The first kappa shape index (κ1) is 8.66. The van der Waals surface area contributed by atoms with Gasteiger partial charge in [0.2, 0.25) is 0 Å². The van der Waals surface area contributed by atoms with Crippen molar-refractivity contribution in [1.29, 1.82) is 0 Å². The average molecular weight is 165 g/mol. The minimum atomic E-state index is 0.499. The molecule has 1 radical (unpaired) electrons. The molecule has 0 aromatic heterocycles. The van der Waals surface area contributed by atoms with E-state index in [1.807, 2.05) is 12.1 Å². The van der Waals surface area contributed by atoms with Crippen molar-refractivity contribution in [2.75, 3.05) is 0 Å². The van der Waals surface area contributed by atoms with Crippen LogP contribution in [0.25, 0.3) is 0 Å². The van der Waals surface area contributed by atoms with E-state index in [1.165, 1.54) is 5.56 Å². The van der Waals surface area contributed by atoms with Gasteiger partial charge in [-0.25, -0.2) is 0 Å². The van der Waals surface area contributed by atoms with Crippen LogP contribution in [0, 0.1) is 6.07 Å². The van der Waals surface area contributed by atoms with Crippen molar-refractivity contribution in [2.24, 2.45) is 0 Å². The summed E-state index contributed by atoms with van der Waals surface area (Å²) in [5.41, 5.74) is 1.38. The smallest absolute Gasteiger partial charge is 0.000843 e. The first-order chi connectivity index (χ1) is 5.29. The molecule has 1 aromatic carbocycles. The third-order valence-electron chi connectivity index (χ3n) is 1.64. The molecule has 1 unspecified atom stereocenters.